The van der Waals surface area contributed by atoms with E-state index < -0.39 is 0 Å². The van der Waals surface area contributed by atoms with E-state index in [1.807, 2.05) is 0 Å². The zero-order chi connectivity index (χ0) is 12.2. The topological polar surface area (TPSA) is 15.3 Å². The summed E-state index contributed by atoms with van der Waals surface area (Å²) in [5.41, 5.74) is 0.569. The van der Waals surface area contributed by atoms with Crippen LogP contribution in [-0.2, 0) is 0 Å². The smallest absolute Gasteiger partial charge is 0.0104 e. The number of nitrogens with zero attached hydrogens (tertiary/aromatic N) is 1. The summed E-state index contributed by atoms with van der Waals surface area (Å²) in [6.45, 7) is 12.8. The Hall–Kier alpha value is -0.0800. The first-order chi connectivity index (χ1) is 7.42. The van der Waals surface area contributed by atoms with Crippen molar-refractivity contribution in [2.24, 2.45) is 11.3 Å². The molecule has 0 aliphatic heterocycles. The first-order valence-electron chi connectivity index (χ1n) is 6.84. The molecule has 0 amide bonds. The maximum atomic E-state index is 3.48. The van der Waals surface area contributed by atoms with Crippen LogP contribution in [0.4, 0.5) is 0 Å². The van der Waals surface area contributed by atoms with E-state index in [9.17, 15) is 0 Å². The Bertz CT molecular complexity index is 199. The Balaban J connectivity index is 2.21. The van der Waals surface area contributed by atoms with Crippen molar-refractivity contribution in [3.05, 3.63) is 0 Å². The molecule has 1 fully saturated rings. The summed E-state index contributed by atoms with van der Waals surface area (Å²) < 4.78 is 0. The van der Waals surface area contributed by atoms with Crippen LogP contribution >= 0.6 is 0 Å². The molecule has 1 N–H and O–H groups in total. The first kappa shape index (κ1) is 14.0. The fourth-order valence-electron chi connectivity index (χ4n) is 2.75. The molecule has 0 radical (unpaired) electrons. The van der Waals surface area contributed by atoms with Gasteiger partial charge >= 0.3 is 0 Å². The van der Waals surface area contributed by atoms with E-state index >= 15 is 0 Å². The first-order valence-corrected chi connectivity index (χ1v) is 6.84. The maximum absolute atomic E-state index is 3.48. The van der Waals surface area contributed by atoms with Crippen LogP contribution in [0.15, 0.2) is 0 Å². The van der Waals surface area contributed by atoms with Crippen molar-refractivity contribution >= 4 is 0 Å². The van der Waals surface area contributed by atoms with Crippen molar-refractivity contribution < 1.29 is 0 Å². The van der Waals surface area contributed by atoms with Crippen LogP contribution in [0.5, 0.6) is 0 Å². The van der Waals surface area contributed by atoms with Gasteiger partial charge in [0, 0.05) is 25.7 Å². The van der Waals surface area contributed by atoms with E-state index in [1.54, 1.807) is 0 Å². The molecule has 0 aromatic heterocycles. The number of hydrogen-bond donors (Lipinski definition) is 1. The Morgan fingerprint density at radius 2 is 2.06 bits per heavy atom. The van der Waals surface area contributed by atoms with Crippen LogP contribution in [0.2, 0.25) is 0 Å². The van der Waals surface area contributed by atoms with Gasteiger partial charge in [-0.15, -0.1) is 0 Å². The normalized spacial score (nSPS) is 24.6. The van der Waals surface area contributed by atoms with Crippen molar-refractivity contribution in [2.75, 3.05) is 26.7 Å². The molecule has 0 saturated heterocycles. The van der Waals surface area contributed by atoms with Gasteiger partial charge in [0.05, 0.1) is 0 Å². The quantitative estimate of drug-likeness (QED) is 0.749. The highest BCUT2D eigenvalue weighted by Crippen LogP contribution is 2.42. The minimum Gasteiger partial charge on any atom is -0.313 e. The van der Waals surface area contributed by atoms with Crippen molar-refractivity contribution in [1.29, 1.82) is 0 Å². The lowest BCUT2D eigenvalue weighted by Gasteiger charge is -2.31. The molecule has 0 spiro atoms. The molecule has 1 rings (SSSR count). The van der Waals surface area contributed by atoms with Gasteiger partial charge in [-0.1, -0.05) is 34.1 Å². The van der Waals surface area contributed by atoms with Gasteiger partial charge in [-0.3, -0.25) is 0 Å². The predicted molar refractivity (Wildman–Crippen MR) is 71.8 cm³/mol. The SMILES string of the molecule is CC(C)NCCN(C)CC1CCCC1(C)C. The standard InChI is InChI=1S/C14H30N2/c1-12(2)15-9-10-16(5)11-13-7-6-8-14(13,3)4/h12-13,15H,6-11H2,1-5H3. The summed E-state index contributed by atoms with van der Waals surface area (Å²) in [5, 5.41) is 3.48. The van der Waals surface area contributed by atoms with Gasteiger partial charge in [0.15, 0.2) is 0 Å². The summed E-state index contributed by atoms with van der Waals surface area (Å²) in [6.07, 6.45) is 4.26. The lowest BCUT2D eigenvalue weighted by atomic mass is 9.81. The van der Waals surface area contributed by atoms with E-state index in [2.05, 4.69) is 45.0 Å². The maximum Gasteiger partial charge on any atom is 0.0104 e. The lowest BCUT2D eigenvalue weighted by molar-refractivity contribution is 0.183. The fraction of sp³-hybridized carbons (Fsp3) is 1.00. The third kappa shape index (κ3) is 4.42. The molecule has 1 atom stereocenters. The van der Waals surface area contributed by atoms with Crippen LogP contribution in [0.3, 0.4) is 0 Å². The molecular weight excluding hydrogens is 196 g/mol. The summed E-state index contributed by atoms with van der Waals surface area (Å²) in [6, 6.07) is 0.608. The van der Waals surface area contributed by atoms with Crippen LogP contribution in [0.25, 0.3) is 0 Å². The molecule has 1 unspecified atom stereocenters. The average Bonchev–Trinajstić information content (AvgIpc) is 2.45. The van der Waals surface area contributed by atoms with Crippen LogP contribution in [0, 0.1) is 11.3 Å². The summed E-state index contributed by atoms with van der Waals surface area (Å²) >= 11 is 0. The van der Waals surface area contributed by atoms with Gasteiger partial charge in [0.2, 0.25) is 0 Å². The van der Waals surface area contributed by atoms with Gasteiger partial charge < -0.3 is 10.2 Å². The zero-order valence-electron chi connectivity index (χ0n) is 11.8. The fourth-order valence-corrected chi connectivity index (χ4v) is 2.75. The number of nitrogens with one attached hydrogen (secondary N) is 1. The Morgan fingerprint density at radius 1 is 1.38 bits per heavy atom. The van der Waals surface area contributed by atoms with Crippen LogP contribution in [-0.4, -0.2) is 37.6 Å². The van der Waals surface area contributed by atoms with Gasteiger partial charge in [-0.2, -0.15) is 0 Å². The second kappa shape index (κ2) is 6.02. The molecule has 2 nitrogen and oxygen atoms in total. The third-order valence-corrected chi connectivity index (χ3v) is 4.06. The Labute approximate surface area is 102 Å². The predicted octanol–water partition coefficient (Wildman–Crippen LogP) is 2.74. The summed E-state index contributed by atoms with van der Waals surface area (Å²) in [7, 11) is 2.26. The van der Waals surface area contributed by atoms with E-state index in [0.29, 0.717) is 11.5 Å². The molecule has 1 saturated carbocycles. The van der Waals surface area contributed by atoms with Crippen molar-refractivity contribution in [3.63, 3.8) is 0 Å². The molecule has 96 valence electrons. The highest BCUT2D eigenvalue weighted by Gasteiger charge is 2.34. The molecule has 0 bridgehead atoms. The molecule has 0 heterocycles. The largest absolute Gasteiger partial charge is 0.313 e. The second-order valence-electron chi connectivity index (χ2n) is 6.45. The van der Waals surface area contributed by atoms with Gasteiger partial charge in [-0.25, -0.2) is 0 Å². The van der Waals surface area contributed by atoms with Crippen molar-refractivity contribution in [3.8, 4) is 0 Å². The van der Waals surface area contributed by atoms with E-state index in [-0.39, 0.29) is 0 Å². The van der Waals surface area contributed by atoms with Crippen LogP contribution in [0.1, 0.15) is 47.0 Å². The second-order valence-corrected chi connectivity index (χ2v) is 6.45. The number of likely N-dealkylation sites (N-methyl/N-ethyl adjacent to an activating group) is 1. The molecular formula is C14H30N2. The summed E-state index contributed by atoms with van der Waals surface area (Å²) in [5.74, 6) is 0.900. The van der Waals surface area contributed by atoms with E-state index in [4.69, 9.17) is 0 Å². The van der Waals surface area contributed by atoms with Crippen molar-refractivity contribution in [1.82, 2.24) is 10.2 Å². The molecule has 2 heteroatoms. The monoisotopic (exact) mass is 226 g/mol. The molecule has 0 aromatic carbocycles. The Kier molecular flexibility index (Phi) is 5.26. The van der Waals surface area contributed by atoms with Crippen LogP contribution < -0.4 is 5.32 Å². The van der Waals surface area contributed by atoms with Crippen molar-refractivity contribution in [2.45, 2.75) is 53.0 Å². The van der Waals surface area contributed by atoms with E-state index in [1.165, 1.54) is 32.4 Å². The summed E-state index contributed by atoms with van der Waals surface area (Å²) in [4.78, 5) is 2.49. The minimum absolute atomic E-state index is 0.569. The number of hydrogen-bond acceptors (Lipinski definition) is 2. The highest BCUT2D eigenvalue weighted by molar-refractivity contribution is 4.86. The average molecular weight is 226 g/mol. The van der Waals surface area contributed by atoms with Gasteiger partial charge in [0.1, 0.15) is 0 Å². The zero-order valence-corrected chi connectivity index (χ0v) is 11.8. The minimum atomic E-state index is 0.569. The Morgan fingerprint density at radius 3 is 2.56 bits per heavy atom. The molecule has 1 aliphatic carbocycles. The lowest BCUT2D eigenvalue weighted by Crippen LogP contribution is -2.37. The molecule has 1 aliphatic rings. The number of rotatable bonds is 6. The molecule has 16 heavy (non-hydrogen) atoms. The van der Waals surface area contributed by atoms with E-state index in [0.717, 1.165) is 12.5 Å². The highest BCUT2D eigenvalue weighted by atomic mass is 15.1. The molecule has 0 aromatic rings. The van der Waals surface area contributed by atoms with Gasteiger partial charge in [0.25, 0.3) is 0 Å². The third-order valence-electron chi connectivity index (χ3n) is 4.06. The van der Waals surface area contributed by atoms with Gasteiger partial charge in [-0.05, 0) is 31.2 Å².